The lowest BCUT2D eigenvalue weighted by Gasteiger charge is -2.23. The van der Waals surface area contributed by atoms with Gasteiger partial charge in [0.25, 0.3) is 11.8 Å². The van der Waals surface area contributed by atoms with Crippen LogP contribution in [0.2, 0.25) is 0 Å². The van der Waals surface area contributed by atoms with Crippen LogP contribution in [-0.2, 0) is 0 Å². The maximum Gasteiger partial charge on any atom is 0.261 e. The van der Waals surface area contributed by atoms with Crippen LogP contribution in [-0.4, -0.2) is 36.3 Å². The number of amides is 2. The zero-order valence-electron chi connectivity index (χ0n) is 13.5. The van der Waals surface area contributed by atoms with Crippen LogP contribution in [0.15, 0.2) is 47.6 Å². The van der Waals surface area contributed by atoms with Gasteiger partial charge in [-0.15, -0.1) is 0 Å². The van der Waals surface area contributed by atoms with Crippen molar-refractivity contribution in [1.29, 1.82) is 0 Å². The van der Waals surface area contributed by atoms with E-state index in [0.29, 0.717) is 17.7 Å². The van der Waals surface area contributed by atoms with Crippen molar-refractivity contribution in [2.45, 2.75) is 26.2 Å². The first-order valence-electron chi connectivity index (χ1n) is 8.08. The van der Waals surface area contributed by atoms with Crippen LogP contribution in [0, 0.1) is 0 Å². The van der Waals surface area contributed by atoms with E-state index >= 15 is 0 Å². The number of nitrogens with zero attached hydrogens (tertiary/aromatic N) is 1. The molecule has 2 amide bonds. The molecule has 4 nitrogen and oxygen atoms in total. The van der Waals surface area contributed by atoms with Crippen molar-refractivity contribution in [2.75, 3.05) is 19.6 Å². The third kappa shape index (κ3) is 3.13. The summed E-state index contributed by atoms with van der Waals surface area (Å²) in [6.07, 6.45) is 2.71. The van der Waals surface area contributed by atoms with Gasteiger partial charge in [-0.1, -0.05) is 29.9 Å². The summed E-state index contributed by atoms with van der Waals surface area (Å²) in [5.74, 6) is -0.362. The molecule has 0 saturated carbocycles. The summed E-state index contributed by atoms with van der Waals surface area (Å²) in [6, 6.07) is 7.05. The second kappa shape index (κ2) is 6.50. The average molecular weight is 310 g/mol. The highest BCUT2D eigenvalue weighted by molar-refractivity contribution is 6.21. The van der Waals surface area contributed by atoms with Crippen molar-refractivity contribution in [1.82, 2.24) is 10.2 Å². The van der Waals surface area contributed by atoms with Gasteiger partial charge in [-0.2, -0.15) is 0 Å². The second-order valence-corrected chi connectivity index (χ2v) is 6.33. The lowest BCUT2D eigenvalue weighted by Crippen LogP contribution is -2.33. The topological polar surface area (TPSA) is 49.4 Å². The lowest BCUT2D eigenvalue weighted by molar-refractivity contribution is 0.0667. The molecule has 0 aliphatic carbocycles. The number of benzene rings is 1. The minimum Gasteiger partial charge on any atom is -0.316 e. The highest BCUT2D eigenvalue weighted by Gasteiger charge is 2.35. The lowest BCUT2D eigenvalue weighted by atomic mass is 9.94. The van der Waals surface area contributed by atoms with E-state index in [-0.39, 0.29) is 11.8 Å². The molecular formula is C19H22N2O2. The molecule has 0 radical (unpaired) electrons. The van der Waals surface area contributed by atoms with Crippen molar-refractivity contribution < 1.29 is 9.59 Å². The molecule has 4 heteroatoms. The van der Waals surface area contributed by atoms with E-state index in [1.54, 1.807) is 24.3 Å². The van der Waals surface area contributed by atoms with Gasteiger partial charge in [0.1, 0.15) is 0 Å². The van der Waals surface area contributed by atoms with E-state index in [0.717, 1.165) is 37.9 Å². The first kappa shape index (κ1) is 15.7. The molecule has 1 aromatic carbocycles. The number of imide groups is 1. The Bertz CT molecular complexity index is 660. The molecule has 0 spiro atoms. The minimum absolute atomic E-state index is 0.181. The number of fused-ring (bicyclic) bond motifs is 1. The highest BCUT2D eigenvalue weighted by Crippen LogP contribution is 2.27. The van der Waals surface area contributed by atoms with Gasteiger partial charge in [0.05, 0.1) is 17.7 Å². The van der Waals surface area contributed by atoms with E-state index < -0.39 is 0 Å². The van der Waals surface area contributed by atoms with Crippen molar-refractivity contribution in [3.8, 4) is 0 Å². The van der Waals surface area contributed by atoms with Crippen LogP contribution in [0.3, 0.4) is 0 Å². The Kier molecular flexibility index (Phi) is 4.44. The van der Waals surface area contributed by atoms with Crippen LogP contribution in [0.25, 0.3) is 0 Å². The molecule has 3 rings (SSSR count). The third-order valence-corrected chi connectivity index (χ3v) is 4.45. The Balaban J connectivity index is 1.88. The quantitative estimate of drug-likeness (QED) is 0.687. The zero-order valence-corrected chi connectivity index (χ0v) is 13.5. The summed E-state index contributed by atoms with van der Waals surface area (Å²) >= 11 is 0. The maximum atomic E-state index is 12.6. The Morgan fingerprint density at radius 1 is 1.13 bits per heavy atom. The summed E-state index contributed by atoms with van der Waals surface area (Å²) in [7, 11) is 0. The molecule has 1 fully saturated rings. The summed E-state index contributed by atoms with van der Waals surface area (Å²) in [5.41, 5.74) is 4.63. The first-order valence-corrected chi connectivity index (χ1v) is 8.08. The van der Waals surface area contributed by atoms with Crippen molar-refractivity contribution in [2.24, 2.45) is 0 Å². The smallest absolute Gasteiger partial charge is 0.261 e. The molecule has 0 unspecified atom stereocenters. The number of hydrogen-bond acceptors (Lipinski definition) is 3. The number of carbonyl (C=O) groups is 2. The SMILES string of the molecule is C=C(C)CC(CN1C(=O)c2ccccc2C1=O)=C1CCNCC1. The number of allylic oxidation sites excluding steroid dienone is 1. The molecule has 2 aliphatic rings. The fraction of sp³-hybridized carbons (Fsp3) is 0.368. The van der Waals surface area contributed by atoms with Gasteiger partial charge in [-0.3, -0.25) is 14.5 Å². The molecule has 0 atom stereocenters. The van der Waals surface area contributed by atoms with Crippen molar-refractivity contribution >= 4 is 11.8 Å². The van der Waals surface area contributed by atoms with Gasteiger partial charge in [-0.25, -0.2) is 0 Å². The van der Waals surface area contributed by atoms with Gasteiger partial charge in [0.15, 0.2) is 0 Å². The fourth-order valence-electron chi connectivity index (χ4n) is 3.31. The number of nitrogens with one attached hydrogen (secondary N) is 1. The number of carbonyl (C=O) groups excluding carboxylic acids is 2. The molecule has 0 bridgehead atoms. The molecule has 120 valence electrons. The summed E-state index contributed by atoms with van der Waals surface area (Å²) < 4.78 is 0. The van der Waals surface area contributed by atoms with Crippen LogP contribution in [0.1, 0.15) is 46.9 Å². The van der Waals surface area contributed by atoms with Crippen molar-refractivity contribution in [3.05, 3.63) is 58.7 Å². The molecule has 1 N–H and O–H groups in total. The molecule has 2 aliphatic heterocycles. The Morgan fingerprint density at radius 2 is 1.70 bits per heavy atom. The second-order valence-electron chi connectivity index (χ2n) is 6.33. The van der Waals surface area contributed by atoms with Crippen LogP contribution in [0.4, 0.5) is 0 Å². The van der Waals surface area contributed by atoms with Crippen LogP contribution in [0.5, 0.6) is 0 Å². The molecule has 1 saturated heterocycles. The summed E-state index contributed by atoms with van der Waals surface area (Å²) in [5, 5.41) is 3.34. The maximum absolute atomic E-state index is 12.6. The summed E-state index contributed by atoms with van der Waals surface area (Å²) in [6.45, 7) is 8.29. The molecule has 2 heterocycles. The molecule has 23 heavy (non-hydrogen) atoms. The fourth-order valence-corrected chi connectivity index (χ4v) is 3.31. The van der Waals surface area contributed by atoms with E-state index in [2.05, 4.69) is 11.9 Å². The number of rotatable bonds is 4. The third-order valence-electron chi connectivity index (χ3n) is 4.45. The molecular weight excluding hydrogens is 288 g/mol. The number of hydrogen-bond donors (Lipinski definition) is 1. The van der Waals surface area contributed by atoms with Crippen molar-refractivity contribution in [3.63, 3.8) is 0 Å². The number of piperidine rings is 1. The van der Waals surface area contributed by atoms with Crippen LogP contribution >= 0.6 is 0 Å². The largest absolute Gasteiger partial charge is 0.316 e. The Hall–Kier alpha value is -2.20. The van der Waals surface area contributed by atoms with E-state index in [9.17, 15) is 9.59 Å². The first-order chi connectivity index (χ1) is 11.1. The monoisotopic (exact) mass is 310 g/mol. The van der Waals surface area contributed by atoms with E-state index in [1.807, 2.05) is 6.92 Å². The predicted molar refractivity (Wildman–Crippen MR) is 90.4 cm³/mol. The standard InChI is InChI=1S/C19H22N2O2/c1-13(2)11-15(14-7-9-20-10-8-14)12-21-18(22)16-5-3-4-6-17(16)19(21)23/h3-6,20H,1,7-12H2,2H3. The average Bonchev–Trinajstić information content (AvgIpc) is 2.80. The molecule has 1 aromatic rings. The van der Waals surface area contributed by atoms with E-state index in [1.165, 1.54) is 16.0 Å². The van der Waals surface area contributed by atoms with Gasteiger partial charge in [0, 0.05) is 0 Å². The van der Waals surface area contributed by atoms with Gasteiger partial charge >= 0.3 is 0 Å². The Morgan fingerprint density at radius 3 is 2.22 bits per heavy atom. The van der Waals surface area contributed by atoms with Gasteiger partial charge < -0.3 is 5.32 Å². The summed E-state index contributed by atoms with van der Waals surface area (Å²) in [4.78, 5) is 26.5. The predicted octanol–water partition coefficient (Wildman–Crippen LogP) is 2.93. The van der Waals surface area contributed by atoms with E-state index in [4.69, 9.17) is 0 Å². The Labute approximate surface area is 136 Å². The van der Waals surface area contributed by atoms with Crippen LogP contribution < -0.4 is 5.32 Å². The molecule has 0 aromatic heterocycles. The van der Waals surface area contributed by atoms with Gasteiger partial charge in [-0.05, 0) is 57.0 Å². The minimum atomic E-state index is -0.181. The zero-order chi connectivity index (χ0) is 16.4. The van der Waals surface area contributed by atoms with Gasteiger partial charge in [0.2, 0.25) is 0 Å². The highest BCUT2D eigenvalue weighted by atomic mass is 16.2. The normalized spacial score (nSPS) is 17.4.